The second-order valence-electron chi connectivity index (χ2n) is 10.5. The SMILES string of the molecule is O=C(Cn1cc(-c2ccccc2Cl)c2c(OC3CCNC3)ncnc21)N1CCC(n2c(=O)[nH]c3ncccc32)CC1. The van der Waals surface area contributed by atoms with Crippen LogP contribution in [-0.2, 0) is 11.3 Å². The number of carbonyl (C=O) groups excluding carboxylic acids is 1. The van der Waals surface area contributed by atoms with Gasteiger partial charge in [-0.15, -0.1) is 0 Å². The van der Waals surface area contributed by atoms with E-state index in [1.165, 1.54) is 6.33 Å². The van der Waals surface area contributed by atoms with E-state index < -0.39 is 0 Å². The van der Waals surface area contributed by atoms with Gasteiger partial charge in [0.1, 0.15) is 24.6 Å². The summed E-state index contributed by atoms with van der Waals surface area (Å²) in [6.07, 6.45) is 7.33. The second-order valence-corrected chi connectivity index (χ2v) is 11.0. The number of imidazole rings is 1. The number of aromatic amines is 1. The van der Waals surface area contributed by atoms with Gasteiger partial charge in [-0.1, -0.05) is 29.8 Å². The smallest absolute Gasteiger partial charge is 0.327 e. The van der Waals surface area contributed by atoms with Crippen LogP contribution in [0.15, 0.2) is 59.9 Å². The van der Waals surface area contributed by atoms with Crippen molar-refractivity contribution in [1.29, 1.82) is 0 Å². The van der Waals surface area contributed by atoms with Crippen molar-refractivity contribution in [2.75, 3.05) is 26.2 Å². The molecule has 0 saturated carbocycles. The third kappa shape index (κ3) is 4.74. The van der Waals surface area contributed by atoms with Crippen molar-refractivity contribution in [3.05, 3.63) is 70.6 Å². The summed E-state index contributed by atoms with van der Waals surface area (Å²) in [6.45, 7) is 2.87. The zero-order chi connectivity index (χ0) is 27.9. The largest absolute Gasteiger partial charge is 0.472 e. The fraction of sp³-hybridized carbons (Fsp3) is 0.345. The predicted molar refractivity (Wildman–Crippen MR) is 155 cm³/mol. The number of hydrogen-bond donors (Lipinski definition) is 2. The van der Waals surface area contributed by atoms with Gasteiger partial charge >= 0.3 is 5.69 Å². The van der Waals surface area contributed by atoms with Gasteiger partial charge in [-0.05, 0) is 44.0 Å². The molecule has 2 fully saturated rings. The summed E-state index contributed by atoms with van der Waals surface area (Å²) in [5, 5.41) is 4.66. The minimum Gasteiger partial charge on any atom is -0.472 e. The third-order valence-corrected chi connectivity index (χ3v) is 8.38. The number of halogens is 1. The Morgan fingerprint density at radius 2 is 1.90 bits per heavy atom. The summed E-state index contributed by atoms with van der Waals surface area (Å²) in [4.78, 5) is 44.2. The number of nitrogens with one attached hydrogen (secondary N) is 2. The highest BCUT2D eigenvalue weighted by Gasteiger charge is 2.28. The Morgan fingerprint density at radius 1 is 1.05 bits per heavy atom. The molecule has 12 heteroatoms. The van der Waals surface area contributed by atoms with Crippen LogP contribution in [0, 0.1) is 0 Å². The van der Waals surface area contributed by atoms with E-state index in [1.807, 2.05) is 52.1 Å². The number of amides is 1. The van der Waals surface area contributed by atoms with Crippen LogP contribution in [0.1, 0.15) is 25.3 Å². The van der Waals surface area contributed by atoms with Crippen LogP contribution in [0.25, 0.3) is 33.3 Å². The quantitative estimate of drug-likeness (QED) is 0.320. The molecule has 2 aliphatic heterocycles. The summed E-state index contributed by atoms with van der Waals surface area (Å²) in [5.41, 5.74) is 3.48. The second kappa shape index (κ2) is 10.6. The van der Waals surface area contributed by atoms with Crippen molar-refractivity contribution >= 4 is 39.7 Å². The molecule has 1 unspecified atom stereocenters. The average Bonchev–Trinajstić information content (AvgIpc) is 3.71. The molecule has 0 radical (unpaired) electrons. The van der Waals surface area contributed by atoms with Gasteiger partial charge in [0.15, 0.2) is 5.65 Å². The molecule has 2 saturated heterocycles. The molecule has 0 bridgehead atoms. The topological polar surface area (TPSA) is 123 Å². The molecule has 41 heavy (non-hydrogen) atoms. The number of rotatable bonds is 6. The molecular weight excluding hydrogens is 544 g/mol. The molecule has 1 aromatic carbocycles. The predicted octanol–water partition coefficient (Wildman–Crippen LogP) is 3.39. The molecule has 0 aliphatic carbocycles. The lowest BCUT2D eigenvalue weighted by atomic mass is 10.0. The fourth-order valence-electron chi connectivity index (χ4n) is 6.02. The van der Waals surface area contributed by atoms with Crippen molar-refractivity contribution in [2.24, 2.45) is 0 Å². The molecule has 6 heterocycles. The van der Waals surface area contributed by atoms with E-state index in [0.29, 0.717) is 48.1 Å². The lowest BCUT2D eigenvalue weighted by Gasteiger charge is -2.32. The van der Waals surface area contributed by atoms with Crippen molar-refractivity contribution in [1.82, 2.24) is 39.3 Å². The molecule has 1 atom stereocenters. The van der Waals surface area contributed by atoms with Crippen molar-refractivity contribution in [3.8, 4) is 17.0 Å². The van der Waals surface area contributed by atoms with E-state index in [-0.39, 0.29) is 30.3 Å². The van der Waals surface area contributed by atoms with Gasteiger partial charge in [-0.2, -0.15) is 0 Å². The fourth-order valence-corrected chi connectivity index (χ4v) is 6.25. The average molecular weight is 573 g/mol. The van der Waals surface area contributed by atoms with E-state index in [9.17, 15) is 9.59 Å². The first-order valence-corrected chi connectivity index (χ1v) is 14.2. The molecule has 7 rings (SSSR count). The van der Waals surface area contributed by atoms with Crippen LogP contribution in [-0.4, -0.2) is 72.2 Å². The molecule has 2 N–H and O–H groups in total. The van der Waals surface area contributed by atoms with E-state index in [4.69, 9.17) is 16.3 Å². The highest BCUT2D eigenvalue weighted by Crippen LogP contribution is 2.38. The number of carbonyl (C=O) groups is 1. The molecule has 210 valence electrons. The van der Waals surface area contributed by atoms with E-state index in [1.54, 1.807) is 10.8 Å². The molecule has 5 aromatic rings. The summed E-state index contributed by atoms with van der Waals surface area (Å²) in [5.74, 6) is 0.476. The number of hydrogen-bond acceptors (Lipinski definition) is 7. The number of pyridine rings is 1. The number of fused-ring (bicyclic) bond motifs is 2. The monoisotopic (exact) mass is 572 g/mol. The van der Waals surface area contributed by atoms with Crippen molar-refractivity contribution in [2.45, 2.75) is 38.0 Å². The number of likely N-dealkylation sites (tertiary alicyclic amines) is 1. The summed E-state index contributed by atoms with van der Waals surface area (Å²) in [7, 11) is 0. The Labute approximate surface area is 240 Å². The van der Waals surface area contributed by atoms with Gasteiger partial charge in [-0.25, -0.2) is 19.7 Å². The van der Waals surface area contributed by atoms with Crippen molar-refractivity contribution in [3.63, 3.8) is 0 Å². The Hall–Kier alpha value is -4.22. The Morgan fingerprint density at radius 3 is 2.71 bits per heavy atom. The zero-order valence-electron chi connectivity index (χ0n) is 22.3. The maximum Gasteiger partial charge on any atom is 0.327 e. The van der Waals surface area contributed by atoms with Crippen LogP contribution in [0.5, 0.6) is 5.88 Å². The van der Waals surface area contributed by atoms with Crippen LogP contribution < -0.4 is 15.7 Å². The van der Waals surface area contributed by atoms with Gasteiger partial charge < -0.3 is 19.5 Å². The lowest BCUT2D eigenvalue weighted by Crippen LogP contribution is -2.41. The maximum atomic E-state index is 13.6. The number of aromatic nitrogens is 6. The normalized spacial score (nSPS) is 18.0. The number of piperidine rings is 1. The Balaban J connectivity index is 1.15. The summed E-state index contributed by atoms with van der Waals surface area (Å²) < 4.78 is 9.95. The van der Waals surface area contributed by atoms with Gasteiger partial charge in [0.2, 0.25) is 11.8 Å². The van der Waals surface area contributed by atoms with Gasteiger partial charge in [0.25, 0.3) is 0 Å². The van der Waals surface area contributed by atoms with E-state index in [0.717, 1.165) is 41.5 Å². The van der Waals surface area contributed by atoms with Crippen LogP contribution in [0.3, 0.4) is 0 Å². The molecular formula is C29H29ClN8O3. The van der Waals surface area contributed by atoms with Crippen LogP contribution in [0.4, 0.5) is 0 Å². The van der Waals surface area contributed by atoms with E-state index in [2.05, 4.69) is 25.3 Å². The van der Waals surface area contributed by atoms with Crippen LogP contribution >= 0.6 is 11.6 Å². The number of ether oxygens (including phenoxy) is 1. The molecule has 11 nitrogen and oxygen atoms in total. The highest BCUT2D eigenvalue weighted by molar-refractivity contribution is 6.33. The molecule has 0 spiro atoms. The first-order valence-electron chi connectivity index (χ1n) is 13.9. The lowest BCUT2D eigenvalue weighted by molar-refractivity contribution is -0.133. The van der Waals surface area contributed by atoms with Crippen LogP contribution in [0.2, 0.25) is 5.02 Å². The van der Waals surface area contributed by atoms with Gasteiger partial charge in [0.05, 0.1) is 10.9 Å². The highest BCUT2D eigenvalue weighted by atomic mass is 35.5. The first kappa shape index (κ1) is 25.7. The zero-order valence-corrected chi connectivity index (χ0v) is 23.0. The van der Waals surface area contributed by atoms with Crippen molar-refractivity contribution < 1.29 is 9.53 Å². The standard InChI is InChI=1S/C29H29ClN8O3/c30-22-5-2-1-4-20(22)21-15-37(27-25(21)28(34-17-33-27)41-19-7-11-31-14-19)16-24(39)36-12-8-18(9-13-36)38-23-6-3-10-32-26(23)35-29(38)40/h1-6,10,15,17-19,31H,7-9,11-14,16H2,(H,32,35,40). The molecule has 4 aromatic heterocycles. The third-order valence-electron chi connectivity index (χ3n) is 8.05. The molecule has 2 aliphatic rings. The van der Waals surface area contributed by atoms with E-state index >= 15 is 0 Å². The Bertz CT molecular complexity index is 1800. The summed E-state index contributed by atoms with van der Waals surface area (Å²) >= 11 is 6.62. The minimum atomic E-state index is -0.166. The number of H-pyrrole nitrogens is 1. The first-order chi connectivity index (χ1) is 20.1. The Kier molecular flexibility index (Phi) is 6.68. The number of benzene rings is 1. The molecule has 1 amide bonds. The summed E-state index contributed by atoms with van der Waals surface area (Å²) in [6, 6.07) is 11.3. The minimum absolute atomic E-state index is 0.00117. The van der Waals surface area contributed by atoms with Gasteiger partial charge in [-0.3, -0.25) is 14.3 Å². The number of nitrogens with zero attached hydrogens (tertiary/aromatic N) is 6. The maximum absolute atomic E-state index is 13.6. The van der Waals surface area contributed by atoms with Gasteiger partial charge in [0, 0.05) is 54.2 Å².